The van der Waals surface area contributed by atoms with Crippen LogP contribution in [0, 0.1) is 11.6 Å². The molecule has 0 fully saturated rings. The van der Waals surface area contributed by atoms with Gasteiger partial charge in [-0.2, -0.15) is 0 Å². The predicted molar refractivity (Wildman–Crippen MR) is 105 cm³/mol. The van der Waals surface area contributed by atoms with Crippen molar-refractivity contribution in [3.05, 3.63) is 81.7 Å². The standard InChI is InChI=1S/C21H18F2N2OS/c22-15-6-4-14(5-7-15)19-13-27-21-18(3-1-2-12-25(19)21)20(26)24-17-10-8-16(23)9-11-17/h4-11,13H,1-3,12H2,(H,24,26). The van der Waals surface area contributed by atoms with Crippen molar-refractivity contribution in [2.45, 2.75) is 19.3 Å². The van der Waals surface area contributed by atoms with Crippen LogP contribution in [0.5, 0.6) is 0 Å². The SMILES string of the molecule is O=C(Nc1ccc(F)cc1)C1=C2SC=C(c3ccc(F)cc3)N2CCCC1. The molecule has 2 aliphatic rings. The summed E-state index contributed by atoms with van der Waals surface area (Å²) in [5.74, 6) is -0.768. The minimum atomic E-state index is -0.338. The molecule has 0 spiro atoms. The van der Waals surface area contributed by atoms with Gasteiger partial charge < -0.3 is 10.2 Å². The van der Waals surface area contributed by atoms with Gasteiger partial charge in [-0.05, 0) is 73.4 Å². The molecule has 138 valence electrons. The van der Waals surface area contributed by atoms with Gasteiger partial charge >= 0.3 is 0 Å². The van der Waals surface area contributed by atoms with Crippen LogP contribution in [0.25, 0.3) is 5.70 Å². The van der Waals surface area contributed by atoms with Gasteiger partial charge in [0.25, 0.3) is 5.91 Å². The number of benzene rings is 2. The zero-order valence-electron chi connectivity index (χ0n) is 14.5. The van der Waals surface area contributed by atoms with Crippen molar-refractivity contribution in [2.24, 2.45) is 0 Å². The van der Waals surface area contributed by atoms with Crippen LogP contribution >= 0.6 is 11.8 Å². The smallest absolute Gasteiger partial charge is 0.254 e. The van der Waals surface area contributed by atoms with Crippen molar-refractivity contribution in [1.29, 1.82) is 0 Å². The summed E-state index contributed by atoms with van der Waals surface area (Å²) in [6.45, 7) is 0.818. The van der Waals surface area contributed by atoms with E-state index >= 15 is 0 Å². The van der Waals surface area contributed by atoms with E-state index in [1.54, 1.807) is 24.3 Å². The van der Waals surface area contributed by atoms with Crippen LogP contribution < -0.4 is 5.32 Å². The largest absolute Gasteiger partial charge is 0.335 e. The van der Waals surface area contributed by atoms with Gasteiger partial charge in [-0.15, -0.1) is 0 Å². The molecule has 1 amide bonds. The Balaban J connectivity index is 1.60. The molecule has 0 aromatic heterocycles. The third-order valence-electron chi connectivity index (χ3n) is 4.65. The van der Waals surface area contributed by atoms with Crippen molar-refractivity contribution < 1.29 is 13.6 Å². The summed E-state index contributed by atoms with van der Waals surface area (Å²) in [5.41, 5.74) is 3.22. The Bertz CT molecular complexity index is 920. The number of fused-ring (bicyclic) bond motifs is 1. The Hall–Kier alpha value is -2.60. The Kier molecular flexibility index (Phi) is 4.99. The molecule has 6 heteroatoms. The molecule has 0 aliphatic carbocycles. The van der Waals surface area contributed by atoms with Crippen molar-refractivity contribution in [1.82, 2.24) is 4.90 Å². The zero-order valence-corrected chi connectivity index (χ0v) is 15.4. The van der Waals surface area contributed by atoms with Gasteiger partial charge in [0.05, 0.1) is 10.7 Å². The maximum Gasteiger partial charge on any atom is 0.254 e. The molecule has 1 N–H and O–H groups in total. The molecule has 0 unspecified atom stereocenters. The number of nitrogens with zero attached hydrogens (tertiary/aromatic N) is 1. The Morgan fingerprint density at radius 1 is 0.963 bits per heavy atom. The number of carbonyl (C=O) groups excluding carboxylic acids is 1. The lowest BCUT2D eigenvalue weighted by molar-refractivity contribution is -0.113. The maximum atomic E-state index is 13.2. The number of rotatable bonds is 3. The number of hydrogen-bond donors (Lipinski definition) is 1. The Morgan fingerprint density at radius 2 is 1.63 bits per heavy atom. The van der Waals surface area contributed by atoms with E-state index in [0.717, 1.165) is 41.2 Å². The van der Waals surface area contributed by atoms with Gasteiger partial charge in [-0.25, -0.2) is 8.78 Å². The first-order chi connectivity index (χ1) is 13.1. The molecule has 2 aliphatic heterocycles. The van der Waals surface area contributed by atoms with E-state index in [1.807, 2.05) is 5.41 Å². The molecule has 0 saturated heterocycles. The van der Waals surface area contributed by atoms with E-state index in [2.05, 4.69) is 10.2 Å². The first-order valence-electron chi connectivity index (χ1n) is 8.82. The topological polar surface area (TPSA) is 32.3 Å². The normalized spacial score (nSPS) is 16.7. The highest BCUT2D eigenvalue weighted by molar-refractivity contribution is 8.06. The molecule has 4 rings (SSSR count). The third kappa shape index (κ3) is 3.76. The highest BCUT2D eigenvalue weighted by Gasteiger charge is 2.30. The van der Waals surface area contributed by atoms with E-state index in [-0.39, 0.29) is 17.5 Å². The van der Waals surface area contributed by atoms with Crippen LogP contribution in [0.1, 0.15) is 24.8 Å². The lowest BCUT2D eigenvalue weighted by Gasteiger charge is -2.23. The number of thioether (sulfide) groups is 1. The number of halogens is 2. The second-order valence-electron chi connectivity index (χ2n) is 6.48. The molecule has 2 heterocycles. The third-order valence-corrected chi connectivity index (χ3v) is 5.68. The number of nitrogens with one attached hydrogen (secondary N) is 1. The van der Waals surface area contributed by atoms with Crippen LogP contribution in [-0.2, 0) is 4.79 Å². The van der Waals surface area contributed by atoms with Crippen molar-refractivity contribution >= 4 is 29.1 Å². The molecule has 3 nitrogen and oxygen atoms in total. The minimum absolute atomic E-state index is 0.162. The summed E-state index contributed by atoms with van der Waals surface area (Å²) < 4.78 is 26.3. The van der Waals surface area contributed by atoms with Crippen LogP contribution in [-0.4, -0.2) is 17.4 Å². The summed E-state index contributed by atoms with van der Waals surface area (Å²) in [6, 6.07) is 12.2. The lowest BCUT2D eigenvalue weighted by atomic mass is 10.1. The van der Waals surface area contributed by atoms with Crippen molar-refractivity contribution in [3.63, 3.8) is 0 Å². The monoisotopic (exact) mass is 384 g/mol. The van der Waals surface area contributed by atoms with E-state index in [9.17, 15) is 13.6 Å². The fourth-order valence-electron chi connectivity index (χ4n) is 3.28. The second kappa shape index (κ2) is 7.56. The summed E-state index contributed by atoms with van der Waals surface area (Å²) in [7, 11) is 0. The van der Waals surface area contributed by atoms with Gasteiger partial charge in [0, 0.05) is 23.2 Å². The molecule has 2 aromatic carbocycles. The van der Waals surface area contributed by atoms with E-state index in [0.29, 0.717) is 12.1 Å². The highest BCUT2D eigenvalue weighted by atomic mass is 32.2. The van der Waals surface area contributed by atoms with Crippen LogP contribution in [0.3, 0.4) is 0 Å². The molecule has 2 aromatic rings. The molecule has 0 bridgehead atoms. The number of hydrogen-bond acceptors (Lipinski definition) is 3. The van der Waals surface area contributed by atoms with E-state index in [1.165, 1.54) is 36.0 Å². The predicted octanol–water partition coefficient (Wildman–Crippen LogP) is 5.35. The molecular weight excluding hydrogens is 366 g/mol. The molecule has 0 atom stereocenters. The fraction of sp³-hybridized carbons (Fsp3) is 0.190. The zero-order chi connectivity index (χ0) is 18.8. The average molecular weight is 384 g/mol. The quantitative estimate of drug-likeness (QED) is 0.775. The summed E-state index contributed by atoms with van der Waals surface area (Å²) in [5, 5.41) is 5.80. The summed E-state index contributed by atoms with van der Waals surface area (Å²) >= 11 is 1.53. The first-order valence-corrected chi connectivity index (χ1v) is 9.70. The van der Waals surface area contributed by atoms with Gasteiger partial charge in [-0.3, -0.25) is 4.79 Å². The van der Waals surface area contributed by atoms with Crippen molar-refractivity contribution in [2.75, 3.05) is 11.9 Å². The van der Waals surface area contributed by atoms with Gasteiger partial charge in [0.1, 0.15) is 11.6 Å². The molecule has 0 saturated carbocycles. The summed E-state index contributed by atoms with van der Waals surface area (Å²) in [6.07, 6.45) is 2.58. The van der Waals surface area contributed by atoms with Crippen molar-refractivity contribution in [3.8, 4) is 0 Å². The van der Waals surface area contributed by atoms with Gasteiger partial charge in [-0.1, -0.05) is 11.8 Å². The van der Waals surface area contributed by atoms with Crippen LogP contribution in [0.15, 0.2) is 64.5 Å². The molecule has 0 radical (unpaired) electrons. The van der Waals surface area contributed by atoms with Crippen LogP contribution in [0.2, 0.25) is 0 Å². The van der Waals surface area contributed by atoms with Gasteiger partial charge in [0.15, 0.2) is 0 Å². The Morgan fingerprint density at radius 3 is 2.33 bits per heavy atom. The highest BCUT2D eigenvalue weighted by Crippen LogP contribution is 2.43. The van der Waals surface area contributed by atoms with E-state index in [4.69, 9.17) is 0 Å². The fourth-order valence-corrected chi connectivity index (χ4v) is 4.42. The molecule has 27 heavy (non-hydrogen) atoms. The van der Waals surface area contributed by atoms with Crippen LogP contribution in [0.4, 0.5) is 14.5 Å². The number of carbonyl (C=O) groups is 1. The maximum absolute atomic E-state index is 13.2. The lowest BCUT2D eigenvalue weighted by Crippen LogP contribution is -2.21. The molecular formula is C21H18F2N2OS. The number of anilines is 1. The Labute approximate surface area is 160 Å². The second-order valence-corrected chi connectivity index (χ2v) is 7.34. The average Bonchev–Trinajstić information content (AvgIpc) is 2.96. The summed E-state index contributed by atoms with van der Waals surface area (Å²) in [4.78, 5) is 15.0. The number of amides is 1. The van der Waals surface area contributed by atoms with Gasteiger partial charge in [0.2, 0.25) is 0 Å². The van der Waals surface area contributed by atoms with E-state index < -0.39 is 0 Å². The first kappa shape index (κ1) is 17.8. The minimum Gasteiger partial charge on any atom is -0.335 e.